The van der Waals surface area contributed by atoms with Gasteiger partial charge in [-0.25, -0.2) is 0 Å². The summed E-state index contributed by atoms with van der Waals surface area (Å²) in [6.45, 7) is 12.3. The molecule has 0 fully saturated rings. The monoisotopic (exact) mass is 302 g/mol. The van der Waals surface area contributed by atoms with Crippen molar-refractivity contribution in [3.8, 4) is 0 Å². The van der Waals surface area contributed by atoms with E-state index in [1.54, 1.807) is 12.7 Å². The highest BCUT2D eigenvalue weighted by molar-refractivity contribution is 5.63. The molecule has 0 spiro atoms. The zero-order chi connectivity index (χ0) is 15.7. The molecular formula is C19H30N2O. The molecule has 3 rings (SSSR count). The molecule has 0 saturated carbocycles. The topological polar surface area (TPSA) is 24.5 Å². The summed E-state index contributed by atoms with van der Waals surface area (Å²) in [6, 6.07) is 4.98. The Morgan fingerprint density at radius 3 is 2.59 bits per heavy atom. The first-order chi connectivity index (χ1) is 10.5. The Bertz CT molecular complexity index is 538. The lowest BCUT2D eigenvalue weighted by molar-refractivity contribution is 0.201. The van der Waals surface area contributed by atoms with Crippen molar-refractivity contribution in [1.82, 2.24) is 5.32 Å². The Morgan fingerprint density at radius 2 is 1.91 bits per heavy atom. The molecule has 1 aromatic carbocycles. The van der Waals surface area contributed by atoms with Crippen molar-refractivity contribution in [2.45, 2.75) is 39.0 Å². The molecule has 22 heavy (non-hydrogen) atoms. The van der Waals surface area contributed by atoms with E-state index < -0.39 is 0 Å². The van der Waals surface area contributed by atoms with Crippen molar-refractivity contribution in [2.75, 3.05) is 44.8 Å². The molecule has 0 radical (unpaired) electrons. The molecule has 0 aromatic heterocycles. The molecule has 122 valence electrons. The van der Waals surface area contributed by atoms with E-state index >= 15 is 0 Å². The second-order valence-corrected chi connectivity index (χ2v) is 7.45. The quantitative estimate of drug-likeness (QED) is 0.929. The van der Waals surface area contributed by atoms with Crippen LogP contribution in [-0.2, 0) is 23.0 Å². The summed E-state index contributed by atoms with van der Waals surface area (Å²) in [5, 5.41) is 3.53. The highest BCUT2D eigenvalue weighted by atomic mass is 16.5. The van der Waals surface area contributed by atoms with E-state index in [1.807, 2.05) is 0 Å². The molecule has 2 aliphatic rings. The number of nitrogens with zero attached hydrogens (tertiary/aromatic N) is 1. The highest BCUT2D eigenvalue weighted by Gasteiger charge is 2.37. The highest BCUT2D eigenvalue weighted by Crippen LogP contribution is 2.44. The van der Waals surface area contributed by atoms with Crippen molar-refractivity contribution >= 4 is 5.69 Å². The predicted molar refractivity (Wildman–Crippen MR) is 93.0 cm³/mol. The number of nitrogens with one attached hydrogen (secondary N) is 1. The maximum atomic E-state index is 5.33. The van der Waals surface area contributed by atoms with Gasteiger partial charge in [0.2, 0.25) is 0 Å². The van der Waals surface area contributed by atoms with Crippen molar-refractivity contribution < 1.29 is 4.74 Å². The van der Waals surface area contributed by atoms with Crippen molar-refractivity contribution in [2.24, 2.45) is 5.92 Å². The summed E-state index contributed by atoms with van der Waals surface area (Å²) < 4.78 is 5.33. The first-order valence-electron chi connectivity index (χ1n) is 8.65. The van der Waals surface area contributed by atoms with Gasteiger partial charge in [0.15, 0.2) is 0 Å². The minimum absolute atomic E-state index is 0.244. The van der Waals surface area contributed by atoms with Gasteiger partial charge in [0.05, 0.1) is 6.61 Å². The fourth-order valence-electron chi connectivity index (χ4n) is 3.83. The molecule has 3 nitrogen and oxygen atoms in total. The minimum atomic E-state index is 0.244. The van der Waals surface area contributed by atoms with Gasteiger partial charge in [-0.05, 0) is 60.0 Å². The number of ether oxygens (including phenoxy) is 1. The van der Waals surface area contributed by atoms with Crippen LogP contribution in [0.15, 0.2) is 12.1 Å². The van der Waals surface area contributed by atoms with Gasteiger partial charge >= 0.3 is 0 Å². The van der Waals surface area contributed by atoms with Crippen LogP contribution >= 0.6 is 0 Å². The fraction of sp³-hybridized carbons (Fsp3) is 0.684. The van der Waals surface area contributed by atoms with E-state index in [-0.39, 0.29) is 5.41 Å². The molecule has 0 amide bonds. The number of hydrogen-bond donors (Lipinski definition) is 1. The average Bonchev–Trinajstić information content (AvgIpc) is 2.73. The fourth-order valence-corrected chi connectivity index (χ4v) is 3.83. The summed E-state index contributed by atoms with van der Waals surface area (Å²) >= 11 is 0. The molecule has 0 aliphatic carbocycles. The number of anilines is 1. The van der Waals surface area contributed by atoms with Crippen molar-refractivity contribution in [1.29, 1.82) is 0 Å². The molecule has 1 aromatic rings. The van der Waals surface area contributed by atoms with E-state index in [4.69, 9.17) is 4.74 Å². The van der Waals surface area contributed by atoms with Crippen molar-refractivity contribution in [3.05, 3.63) is 28.8 Å². The summed E-state index contributed by atoms with van der Waals surface area (Å²) in [7, 11) is 1.79. The van der Waals surface area contributed by atoms with Gasteiger partial charge in [-0.2, -0.15) is 0 Å². The van der Waals surface area contributed by atoms with Gasteiger partial charge < -0.3 is 15.0 Å². The maximum Gasteiger partial charge on any atom is 0.0637 e. The summed E-state index contributed by atoms with van der Waals surface area (Å²) in [4.78, 5) is 2.54. The lowest BCUT2D eigenvalue weighted by Crippen LogP contribution is -2.45. The first-order valence-corrected chi connectivity index (χ1v) is 8.65. The Morgan fingerprint density at radius 1 is 1.23 bits per heavy atom. The Balaban J connectivity index is 2.05. The van der Waals surface area contributed by atoms with Gasteiger partial charge in [0.25, 0.3) is 0 Å². The lowest BCUT2D eigenvalue weighted by Gasteiger charge is -2.45. The number of methoxy groups -OCH3 is 1. The zero-order valence-corrected chi connectivity index (χ0v) is 14.5. The van der Waals surface area contributed by atoms with Gasteiger partial charge in [0, 0.05) is 25.9 Å². The van der Waals surface area contributed by atoms with Crippen LogP contribution in [0.2, 0.25) is 0 Å². The molecule has 2 aliphatic heterocycles. The van der Waals surface area contributed by atoms with Crippen LogP contribution in [0.5, 0.6) is 0 Å². The molecular weight excluding hydrogens is 272 g/mol. The summed E-state index contributed by atoms with van der Waals surface area (Å²) in [5.41, 5.74) is 6.31. The van der Waals surface area contributed by atoms with Crippen LogP contribution in [0.4, 0.5) is 5.69 Å². The normalized spacial score (nSPS) is 23.6. The first kappa shape index (κ1) is 15.8. The molecule has 0 bridgehead atoms. The zero-order valence-electron chi connectivity index (χ0n) is 14.5. The SMILES string of the molecule is COCCN1CC(C)C(C)(C)c2cc3c(cc21)CCNCC3. The minimum Gasteiger partial charge on any atom is -0.383 e. The lowest BCUT2D eigenvalue weighted by atomic mass is 9.70. The van der Waals surface area contributed by atoms with Crippen LogP contribution in [0.3, 0.4) is 0 Å². The van der Waals surface area contributed by atoms with E-state index in [0.717, 1.165) is 45.6 Å². The van der Waals surface area contributed by atoms with E-state index in [1.165, 1.54) is 16.8 Å². The Labute approximate surface area is 135 Å². The van der Waals surface area contributed by atoms with Crippen LogP contribution in [0, 0.1) is 5.92 Å². The van der Waals surface area contributed by atoms with Crippen LogP contribution in [0.1, 0.15) is 37.5 Å². The van der Waals surface area contributed by atoms with Gasteiger partial charge in [0.1, 0.15) is 0 Å². The smallest absolute Gasteiger partial charge is 0.0637 e. The third-order valence-electron chi connectivity index (χ3n) is 5.79. The third kappa shape index (κ3) is 2.77. The average molecular weight is 302 g/mol. The molecule has 0 saturated heterocycles. The van der Waals surface area contributed by atoms with Gasteiger partial charge in [-0.3, -0.25) is 0 Å². The second-order valence-electron chi connectivity index (χ2n) is 7.45. The maximum absolute atomic E-state index is 5.33. The van der Waals surface area contributed by atoms with E-state index in [9.17, 15) is 0 Å². The predicted octanol–water partition coefficient (Wildman–Crippen LogP) is 2.75. The Kier molecular flexibility index (Phi) is 4.47. The standard InChI is InChI=1S/C19H30N2O/c1-14-13-21(9-10-22-4)18-12-16-6-8-20-7-5-15(16)11-17(18)19(14,2)3/h11-12,14,20H,5-10,13H2,1-4H3. The number of fused-ring (bicyclic) bond motifs is 2. The van der Waals surface area contributed by atoms with E-state index in [0.29, 0.717) is 5.92 Å². The molecule has 2 heterocycles. The number of hydrogen-bond acceptors (Lipinski definition) is 3. The third-order valence-corrected chi connectivity index (χ3v) is 5.79. The molecule has 1 unspecified atom stereocenters. The largest absolute Gasteiger partial charge is 0.383 e. The number of rotatable bonds is 3. The van der Waals surface area contributed by atoms with Gasteiger partial charge in [-0.15, -0.1) is 0 Å². The van der Waals surface area contributed by atoms with E-state index in [2.05, 4.69) is 43.1 Å². The summed E-state index contributed by atoms with van der Waals surface area (Å²) in [6.07, 6.45) is 2.31. The van der Waals surface area contributed by atoms with Crippen LogP contribution in [-0.4, -0.2) is 39.9 Å². The number of benzene rings is 1. The van der Waals surface area contributed by atoms with Crippen molar-refractivity contribution in [3.63, 3.8) is 0 Å². The molecule has 1 atom stereocenters. The second kappa shape index (κ2) is 6.21. The molecule has 1 N–H and O–H groups in total. The van der Waals surface area contributed by atoms with Crippen LogP contribution < -0.4 is 10.2 Å². The van der Waals surface area contributed by atoms with Gasteiger partial charge in [-0.1, -0.05) is 26.8 Å². The molecule has 3 heteroatoms. The van der Waals surface area contributed by atoms with Crippen LogP contribution in [0.25, 0.3) is 0 Å². The Hall–Kier alpha value is -1.06. The summed E-state index contributed by atoms with van der Waals surface area (Å²) in [5.74, 6) is 0.652.